The lowest BCUT2D eigenvalue weighted by atomic mass is 10.1. The first-order valence-electron chi connectivity index (χ1n) is 7.88. The van der Waals surface area contributed by atoms with E-state index in [0.29, 0.717) is 15.7 Å². The molecule has 25 heavy (non-hydrogen) atoms. The zero-order valence-corrected chi connectivity index (χ0v) is 15.8. The Bertz CT molecular complexity index is 992. The molecule has 0 N–H and O–H groups in total. The molecule has 0 aliphatic carbocycles. The number of pyridine rings is 1. The molecule has 3 aromatic rings. The highest BCUT2D eigenvalue weighted by atomic mass is 79.9. The second-order valence-electron chi connectivity index (χ2n) is 5.78. The van der Waals surface area contributed by atoms with Gasteiger partial charge in [0.05, 0.1) is 22.3 Å². The molecule has 0 saturated heterocycles. The standard InChI is InChI=1S/C19H17BrN2O3/c1-4-25-19(24)17(23)15-12(3)9-22-10-14(21-18(22)16(15)20)13-7-5-6-11(2)8-13/h5-10H,4H2,1-3H3. The number of ketones is 1. The third-order valence-corrected chi connectivity index (χ3v) is 4.63. The van der Waals surface area contributed by atoms with E-state index in [0.717, 1.165) is 16.8 Å². The van der Waals surface area contributed by atoms with Gasteiger partial charge in [0.25, 0.3) is 5.78 Å². The van der Waals surface area contributed by atoms with E-state index >= 15 is 0 Å². The topological polar surface area (TPSA) is 60.7 Å². The lowest BCUT2D eigenvalue weighted by Gasteiger charge is -2.08. The fraction of sp³-hybridized carbons (Fsp3) is 0.211. The fourth-order valence-corrected chi connectivity index (χ4v) is 3.52. The van der Waals surface area contributed by atoms with Crippen molar-refractivity contribution in [3.05, 3.63) is 57.8 Å². The van der Waals surface area contributed by atoms with Crippen molar-refractivity contribution < 1.29 is 14.3 Å². The number of hydrogen-bond acceptors (Lipinski definition) is 4. The average Bonchev–Trinajstić information content (AvgIpc) is 2.99. The molecule has 2 aromatic heterocycles. The van der Waals surface area contributed by atoms with Gasteiger partial charge < -0.3 is 9.14 Å². The van der Waals surface area contributed by atoms with E-state index in [-0.39, 0.29) is 12.2 Å². The summed E-state index contributed by atoms with van der Waals surface area (Å²) in [6.07, 6.45) is 3.69. The van der Waals surface area contributed by atoms with Crippen molar-refractivity contribution in [1.29, 1.82) is 0 Å². The van der Waals surface area contributed by atoms with Crippen LogP contribution in [0, 0.1) is 13.8 Å². The van der Waals surface area contributed by atoms with Crippen LogP contribution in [0.15, 0.2) is 41.1 Å². The number of benzene rings is 1. The summed E-state index contributed by atoms with van der Waals surface area (Å²) in [7, 11) is 0. The quantitative estimate of drug-likeness (QED) is 0.375. The van der Waals surface area contributed by atoms with E-state index in [1.165, 1.54) is 0 Å². The van der Waals surface area contributed by atoms with Crippen LogP contribution in [0.4, 0.5) is 0 Å². The molecule has 0 unspecified atom stereocenters. The maximum absolute atomic E-state index is 12.4. The Hall–Kier alpha value is -2.47. The van der Waals surface area contributed by atoms with Crippen molar-refractivity contribution in [3.8, 4) is 11.3 Å². The first-order chi connectivity index (χ1) is 11.9. The molecule has 0 saturated carbocycles. The number of carbonyl (C=O) groups is 2. The number of esters is 1. The number of imidazole rings is 1. The Morgan fingerprint density at radius 1 is 1.24 bits per heavy atom. The van der Waals surface area contributed by atoms with Crippen LogP contribution in [0.5, 0.6) is 0 Å². The molecular formula is C19H17BrN2O3. The van der Waals surface area contributed by atoms with Crippen LogP contribution in [0.25, 0.3) is 16.9 Å². The van der Waals surface area contributed by atoms with Crippen molar-refractivity contribution in [3.63, 3.8) is 0 Å². The maximum atomic E-state index is 12.4. The highest BCUT2D eigenvalue weighted by Crippen LogP contribution is 2.29. The summed E-state index contributed by atoms with van der Waals surface area (Å²) in [6, 6.07) is 8.04. The van der Waals surface area contributed by atoms with Crippen LogP contribution in [0.1, 0.15) is 28.4 Å². The van der Waals surface area contributed by atoms with E-state index in [9.17, 15) is 9.59 Å². The van der Waals surface area contributed by atoms with Crippen molar-refractivity contribution in [1.82, 2.24) is 9.38 Å². The Kier molecular flexibility index (Phi) is 4.72. The molecule has 0 amide bonds. The predicted octanol–water partition coefficient (Wildman–Crippen LogP) is 4.13. The minimum Gasteiger partial charge on any atom is -0.460 e. The number of ether oxygens (including phenoxy) is 1. The smallest absolute Gasteiger partial charge is 0.379 e. The zero-order chi connectivity index (χ0) is 18.1. The van der Waals surface area contributed by atoms with Gasteiger partial charge in [0.15, 0.2) is 5.65 Å². The number of carbonyl (C=O) groups excluding carboxylic acids is 2. The van der Waals surface area contributed by atoms with Gasteiger partial charge in [-0.25, -0.2) is 9.78 Å². The van der Waals surface area contributed by atoms with Gasteiger partial charge in [0, 0.05) is 18.0 Å². The van der Waals surface area contributed by atoms with Gasteiger partial charge in [-0.05, 0) is 48.3 Å². The minimum absolute atomic E-state index is 0.157. The fourth-order valence-electron chi connectivity index (χ4n) is 2.73. The molecule has 0 radical (unpaired) electrons. The molecule has 1 aromatic carbocycles. The summed E-state index contributed by atoms with van der Waals surface area (Å²) in [4.78, 5) is 28.9. The highest BCUT2D eigenvalue weighted by molar-refractivity contribution is 9.10. The predicted molar refractivity (Wildman–Crippen MR) is 98.8 cm³/mol. The van der Waals surface area contributed by atoms with Gasteiger partial charge >= 0.3 is 5.97 Å². The third-order valence-electron chi connectivity index (χ3n) is 3.88. The van der Waals surface area contributed by atoms with Gasteiger partial charge in [-0.2, -0.15) is 0 Å². The van der Waals surface area contributed by atoms with Crippen LogP contribution in [0.3, 0.4) is 0 Å². The van der Waals surface area contributed by atoms with Crippen molar-refractivity contribution >= 4 is 33.3 Å². The van der Waals surface area contributed by atoms with Gasteiger partial charge in [0.2, 0.25) is 0 Å². The number of aromatic nitrogens is 2. The molecule has 0 spiro atoms. The van der Waals surface area contributed by atoms with E-state index in [4.69, 9.17) is 4.74 Å². The van der Waals surface area contributed by atoms with Crippen LogP contribution < -0.4 is 0 Å². The summed E-state index contributed by atoms with van der Waals surface area (Å²) in [5.41, 5.74) is 4.46. The lowest BCUT2D eigenvalue weighted by Crippen LogP contribution is -2.19. The van der Waals surface area contributed by atoms with Crippen LogP contribution in [0.2, 0.25) is 0 Å². The Labute approximate surface area is 153 Å². The summed E-state index contributed by atoms with van der Waals surface area (Å²) in [5.74, 6) is -1.53. The summed E-state index contributed by atoms with van der Waals surface area (Å²) >= 11 is 3.44. The molecule has 0 fully saturated rings. The lowest BCUT2D eigenvalue weighted by molar-refractivity contribution is -0.137. The van der Waals surface area contributed by atoms with Gasteiger partial charge in [0.1, 0.15) is 0 Å². The van der Waals surface area contributed by atoms with Crippen molar-refractivity contribution in [2.45, 2.75) is 20.8 Å². The van der Waals surface area contributed by atoms with Crippen molar-refractivity contribution in [2.24, 2.45) is 0 Å². The van der Waals surface area contributed by atoms with Gasteiger partial charge in [-0.3, -0.25) is 4.79 Å². The van der Waals surface area contributed by atoms with E-state index in [2.05, 4.69) is 20.9 Å². The summed E-state index contributed by atoms with van der Waals surface area (Å²) in [6.45, 7) is 5.63. The van der Waals surface area contributed by atoms with Crippen molar-refractivity contribution in [2.75, 3.05) is 6.61 Å². The van der Waals surface area contributed by atoms with Crippen LogP contribution in [-0.4, -0.2) is 27.7 Å². The van der Waals surface area contributed by atoms with E-state index < -0.39 is 11.8 Å². The number of aryl methyl sites for hydroxylation is 2. The molecule has 128 valence electrons. The second kappa shape index (κ2) is 6.80. The largest absolute Gasteiger partial charge is 0.460 e. The molecule has 6 heteroatoms. The molecule has 2 heterocycles. The zero-order valence-electron chi connectivity index (χ0n) is 14.2. The van der Waals surface area contributed by atoms with Crippen LogP contribution >= 0.6 is 15.9 Å². The number of rotatable bonds is 4. The number of fused-ring (bicyclic) bond motifs is 1. The van der Waals surface area contributed by atoms with Gasteiger partial charge in [-0.15, -0.1) is 0 Å². The maximum Gasteiger partial charge on any atom is 0.379 e. The molecule has 0 aliphatic heterocycles. The number of hydrogen-bond donors (Lipinski definition) is 0. The molecule has 3 rings (SSSR count). The monoisotopic (exact) mass is 400 g/mol. The second-order valence-corrected chi connectivity index (χ2v) is 6.57. The van der Waals surface area contributed by atoms with Crippen LogP contribution in [-0.2, 0) is 9.53 Å². The number of Topliss-reactive ketones (excluding diaryl/α,β-unsaturated/α-hetero) is 1. The normalized spacial score (nSPS) is 10.9. The summed E-state index contributed by atoms with van der Waals surface area (Å²) in [5, 5.41) is 0. The molecule has 0 bridgehead atoms. The Morgan fingerprint density at radius 3 is 2.68 bits per heavy atom. The minimum atomic E-state index is -0.860. The first kappa shape index (κ1) is 17.4. The van der Waals surface area contributed by atoms with E-state index in [1.807, 2.05) is 41.8 Å². The molecule has 5 nitrogen and oxygen atoms in total. The SMILES string of the molecule is CCOC(=O)C(=O)c1c(C)cn2cc(-c3cccc(C)c3)nc2c1Br. The molecular weight excluding hydrogens is 384 g/mol. The number of halogens is 1. The third kappa shape index (κ3) is 3.22. The van der Waals surface area contributed by atoms with Gasteiger partial charge in [-0.1, -0.05) is 23.8 Å². The Morgan fingerprint density at radius 2 is 2.00 bits per heavy atom. The number of nitrogens with zero attached hydrogens (tertiary/aromatic N) is 2. The summed E-state index contributed by atoms with van der Waals surface area (Å²) < 4.78 is 7.17. The molecule has 0 atom stereocenters. The van der Waals surface area contributed by atoms with E-state index in [1.54, 1.807) is 20.0 Å². The Balaban J connectivity index is 2.14. The average molecular weight is 401 g/mol. The highest BCUT2D eigenvalue weighted by Gasteiger charge is 2.25. The molecule has 0 aliphatic rings. The first-order valence-corrected chi connectivity index (χ1v) is 8.68.